The zero-order valence-electron chi connectivity index (χ0n) is 19.4. The minimum absolute atomic E-state index is 0. The number of hydrogen-bond acceptors (Lipinski definition) is 5. The van der Waals surface area contributed by atoms with E-state index < -0.39 is 5.60 Å². The van der Waals surface area contributed by atoms with Crippen molar-refractivity contribution in [1.82, 2.24) is 20.9 Å². The molecule has 8 nitrogen and oxygen atoms in total. The molecule has 0 aliphatic carbocycles. The van der Waals surface area contributed by atoms with E-state index in [0.29, 0.717) is 19.6 Å². The van der Waals surface area contributed by atoms with Gasteiger partial charge in [-0.05, 0) is 71.1 Å². The molecule has 0 radical (unpaired) electrons. The number of ether oxygens (including phenoxy) is 1. The first-order chi connectivity index (χ1) is 14.4. The molecule has 2 rings (SSSR count). The number of piperidine rings is 1. The molecule has 1 aliphatic rings. The van der Waals surface area contributed by atoms with Crippen molar-refractivity contribution in [3.05, 3.63) is 23.9 Å². The molecular formula is C22H39IN6O2. The van der Waals surface area contributed by atoms with Crippen LogP contribution in [0.5, 0.6) is 0 Å². The molecule has 0 aromatic carbocycles. The first kappa shape index (κ1) is 27.3. The highest BCUT2D eigenvalue weighted by molar-refractivity contribution is 14.0. The summed E-state index contributed by atoms with van der Waals surface area (Å²) in [6.07, 6.45) is 6.05. The van der Waals surface area contributed by atoms with Crippen LogP contribution in [0, 0.1) is 0 Å². The molecule has 1 aromatic rings. The number of alkyl carbamates (subject to hydrolysis) is 1. The van der Waals surface area contributed by atoms with E-state index in [-0.39, 0.29) is 30.1 Å². The number of amides is 1. The van der Waals surface area contributed by atoms with Gasteiger partial charge >= 0.3 is 6.09 Å². The third-order valence-electron chi connectivity index (χ3n) is 4.57. The monoisotopic (exact) mass is 546 g/mol. The summed E-state index contributed by atoms with van der Waals surface area (Å²) in [6.45, 7) is 12.4. The van der Waals surface area contributed by atoms with Gasteiger partial charge in [-0.15, -0.1) is 24.0 Å². The van der Waals surface area contributed by atoms with Gasteiger partial charge in [-0.1, -0.05) is 0 Å². The van der Waals surface area contributed by atoms with Gasteiger partial charge in [0.1, 0.15) is 11.4 Å². The van der Waals surface area contributed by atoms with Crippen LogP contribution in [0.4, 0.5) is 10.6 Å². The second-order valence-electron chi connectivity index (χ2n) is 8.47. The van der Waals surface area contributed by atoms with Crippen molar-refractivity contribution in [1.29, 1.82) is 0 Å². The Labute approximate surface area is 204 Å². The summed E-state index contributed by atoms with van der Waals surface area (Å²) in [4.78, 5) is 23.2. The van der Waals surface area contributed by atoms with Crippen molar-refractivity contribution in [2.24, 2.45) is 4.99 Å². The Morgan fingerprint density at radius 1 is 1.16 bits per heavy atom. The lowest BCUT2D eigenvalue weighted by molar-refractivity contribution is 0.0527. The topological polar surface area (TPSA) is 90.9 Å². The molecule has 176 valence electrons. The van der Waals surface area contributed by atoms with Crippen LogP contribution in [-0.2, 0) is 11.3 Å². The molecule has 0 spiro atoms. The first-order valence-electron chi connectivity index (χ1n) is 11.1. The Balaban J connectivity index is 0.00000480. The molecule has 0 atom stereocenters. The molecule has 3 N–H and O–H groups in total. The fraction of sp³-hybridized carbons (Fsp3) is 0.682. The summed E-state index contributed by atoms with van der Waals surface area (Å²) >= 11 is 0. The maximum atomic E-state index is 11.7. The third kappa shape index (κ3) is 11.4. The summed E-state index contributed by atoms with van der Waals surface area (Å²) in [5.74, 6) is 1.82. The Hall–Kier alpha value is -1.78. The highest BCUT2D eigenvalue weighted by atomic mass is 127. The number of carbonyl (C=O) groups is 1. The van der Waals surface area contributed by atoms with E-state index in [1.807, 2.05) is 40.0 Å². The number of pyridine rings is 1. The van der Waals surface area contributed by atoms with Crippen LogP contribution in [0.2, 0.25) is 0 Å². The van der Waals surface area contributed by atoms with Gasteiger partial charge < -0.3 is 25.6 Å². The number of carbonyl (C=O) groups excluding carboxylic acids is 1. The second-order valence-corrected chi connectivity index (χ2v) is 8.47. The molecular weight excluding hydrogens is 507 g/mol. The van der Waals surface area contributed by atoms with Crippen LogP contribution in [0.15, 0.2) is 23.3 Å². The van der Waals surface area contributed by atoms with Crippen LogP contribution in [0.3, 0.4) is 0 Å². The molecule has 2 heterocycles. The third-order valence-corrected chi connectivity index (χ3v) is 4.57. The Morgan fingerprint density at radius 2 is 1.87 bits per heavy atom. The first-order valence-corrected chi connectivity index (χ1v) is 11.1. The van der Waals surface area contributed by atoms with Gasteiger partial charge in [0.25, 0.3) is 0 Å². The number of aliphatic imine (C=N–C) groups is 1. The SMILES string of the molecule is CCNC(=NCc1ccnc(N2CCCCC2)c1)NCCCNC(=O)OC(C)(C)C.I. The zero-order chi connectivity index (χ0) is 21.8. The van der Waals surface area contributed by atoms with Gasteiger partial charge in [-0.2, -0.15) is 0 Å². The minimum atomic E-state index is -0.478. The molecule has 0 saturated carbocycles. The Kier molecular flexibility index (Phi) is 12.6. The number of halogens is 1. The minimum Gasteiger partial charge on any atom is -0.444 e. The lowest BCUT2D eigenvalue weighted by Gasteiger charge is -2.27. The lowest BCUT2D eigenvalue weighted by Crippen LogP contribution is -2.39. The molecule has 1 aromatic heterocycles. The van der Waals surface area contributed by atoms with Crippen molar-refractivity contribution >= 4 is 41.8 Å². The summed E-state index contributed by atoms with van der Waals surface area (Å²) < 4.78 is 5.23. The number of hydrogen-bond donors (Lipinski definition) is 3. The number of aromatic nitrogens is 1. The van der Waals surface area contributed by atoms with Gasteiger partial charge in [0.15, 0.2) is 5.96 Å². The molecule has 1 fully saturated rings. The van der Waals surface area contributed by atoms with Crippen molar-refractivity contribution < 1.29 is 9.53 Å². The van der Waals surface area contributed by atoms with E-state index in [1.165, 1.54) is 19.3 Å². The van der Waals surface area contributed by atoms with E-state index in [2.05, 4.69) is 36.9 Å². The quantitative estimate of drug-likeness (QED) is 0.200. The van der Waals surface area contributed by atoms with Crippen LogP contribution in [0.1, 0.15) is 58.9 Å². The summed E-state index contributed by atoms with van der Waals surface area (Å²) in [7, 11) is 0. The number of anilines is 1. The van der Waals surface area contributed by atoms with Crippen LogP contribution in [-0.4, -0.2) is 55.4 Å². The zero-order valence-corrected chi connectivity index (χ0v) is 21.7. The highest BCUT2D eigenvalue weighted by Crippen LogP contribution is 2.18. The average Bonchev–Trinajstić information content (AvgIpc) is 2.71. The fourth-order valence-electron chi connectivity index (χ4n) is 3.17. The Morgan fingerprint density at radius 3 is 2.55 bits per heavy atom. The Bertz CT molecular complexity index is 687. The fourth-order valence-corrected chi connectivity index (χ4v) is 3.17. The smallest absolute Gasteiger partial charge is 0.407 e. The van der Waals surface area contributed by atoms with Gasteiger partial charge in [0.2, 0.25) is 0 Å². The summed E-state index contributed by atoms with van der Waals surface area (Å²) in [6, 6.07) is 4.16. The molecule has 1 saturated heterocycles. The van der Waals surface area contributed by atoms with E-state index in [9.17, 15) is 4.79 Å². The predicted molar refractivity (Wildman–Crippen MR) is 137 cm³/mol. The van der Waals surface area contributed by atoms with Gasteiger partial charge in [0, 0.05) is 38.9 Å². The van der Waals surface area contributed by atoms with Crippen molar-refractivity contribution in [2.45, 2.75) is 65.5 Å². The van der Waals surface area contributed by atoms with Crippen molar-refractivity contribution in [2.75, 3.05) is 37.6 Å². The molecule has 1 aliphatic heterocycles. The van der Waals surface area contributed by atoms with Crippen LogP contribution < -0.4 is 20.9 Å². The van der Waals surface area contributed by atoms with Gasteiger partial charge in [-0.25, -0.2) is 14.8 Å². The lowest BCUT2D eigenvalue weighted by atomic mass is 10.1. The molecule has 0 bridgehead atoms. The van der Waals surface area contributed by atoms with E-state index >= 15 is 0 Å². The van der Waals surface area contributed by atoms with Crippen molar-refractivity contribution in [3.8, 4) is 0 Å². The van der Waals surface area contributed by atoms with E-state index in [4.69, 9.17) is 4.74 Å². The average molecular weight is 546 g/mol. The molecule has 31 heavy (non-hydrogen) atoms. The van der Waals surface area contributed by atoms with Crippen LogP contribution >= 0.6 is 24.0 Å². The predicted octanol–water partition coefficient (Wildman–Crippen LogP) is 3.66. The van der Waals surface area contributed by atoms with Gasteiger partial charge in [0.05, 0.1) is 6.54 Å². The van der Waals surface area contributed by atoms with Gasteiger partial charge in [-0.3, -0.25) is 0 Å². The molecule has 1 amide bonds. The summed E-state index contributed by atoms with van der Waals surface area (Å²) in [5, 5.41) is 9.34. The number of nitrogens with one attached hydrogen (secondary N) is 3. The van der Waals surface area contributed by atoms with E-state index in [1.54, 1.807) is 0 Å². The van der Waals surface area contributed by atoms with E-state index in [0.717, 1.165) is 43.4 Å². The van der Waals surface area contributed by atoms with Crippen molar-refractivity contribution in [3.63, 3.8) is 0 Å². The largest absolute Gasteiger partial charge is 0.444 e. The molecule has 0 unspecified atom stereocenters. The summed E-state index contributed by atoms with van der Waals surface area (Å²) in [5.41, 5.74) is 0.669. The number of rotatable bonds is 8. The standard InChI is InChI=1S/C22H38N6O2.HI/c1-5-23-20(25-11-9-12-26-21(29)30-22(2,3)4)27-17-18-10-13-24-19(16-18)28-14-7-6-8-15-28;/h10,13,16H,5-9,11-12,14-15,17H2,1-4H3,(H,26,29)(H2,23,25,27);1H. The molecule has 9 heteroatoms. The number of nitrogens with zero attached hydrogens (tertiary/aromatic N) is 3. The van der Waals surface area contributed by atoms with Crippen LogP contribution in [0.25, 0.3) is 0 Å². The maximum Gasteiger partial charge on any atom is 0.407 e. The highest BCUT2D eigenvalue weighted by Gasteiger charge is 2.15. The normalized spacial score (nSPS) is 14.5. The second kappa shape index (κ2) is 14.3. The number of guanidine groups is 1. The maximum absolute atomic E-state index is 11.7.